The molecular weight excluding hydrogens is 428 g/mol. The number of allylic oxidation sites excluding steroid dienone is 1. The van der Waals surface area contributed by atoms with Gasteiger partial charge in [0.1, 0.15) is 6.04 Å². The molecule has 1 aliphatic rings. The molecule has 0 saturated carbocycles. The monoisotopic (exact) mass is 460 g/mol. The minimum absolute atomic E-state index is 0.412. The van der Waals surface area contributed by atoms with E-state index in [-0.39, 0.29) is 0 Å². The van der Waals surface area contributed by atoms with Gasteiger partial charge in [-0.25, -0.2) is 9.48 Å². The molecule has 3 rings (SSSR count). The Bertz CT molecular complexity index is 973. The quantitative estimate of drug-likeness (QED) is 0.290. The van der Waals surface area contributed by atoms with E-state index in [1.165, 1.54) is 7.11 Å². The molecule has 0 aliphatic carbocycles. The minimum atomic E-state index is -0.494. The highest BCUT2D eigenvalue weighted by Crippen LogP contribution is 2.40. The maximum atomic E-state index is 12.8. The normalized spacial score (nSPS) is 15.2. The van der Waals surface area contributed by atoms with Crippen LogP contribution in [0.2, 0.25) is 0 Å². The van der Waals surface area contributed by atoms with Gasteiger partial charge in [0, 0.05) is 11.4 Å². The summed E-state index contributed by atoms with van der Waals surface area (Å²) in [5.41, 5.74) is 2.02. The highest BCUT2D eigenvalue weighted by molar-refractivity contribution is 7.99. The lowest BCUT2D eigenvalue weighted by Gasteiger charge is -2.28. The molecule has 0 radical (unpaired) electrons. The van der Waals surface area contributed by atoms with Gasteiger partial charge in [0.25, 0.3) is 0 Å². The van der Waals surface area contributed by atoms with Crippen molar-refractivity contribution in [3.05, 3.63) is 35.0 Å². The lowest BCUT2D eigenvalue weighted by atomic mass is 9.95. The molecule has 0 spiro atoms. The third-order valence-corrected chi connectivity index (χ3v) is 6.06. The lowest BCUT2D eigenvalue weighted by molar-refractivity contribution is -0.136. The molecule has 32 heavy (non-hydrogen) atoms. The molecule has 1 aromatic carbocycles. The number of nitrogens with one attached hydrogen (secondary N) is 1. The predicted molar refractivity (Wildman–Crippen MR) is 126 cm³/mol. The topological polar surface area (TPSA) is 87.5 Å². The second kappa shape index (κ2) is 11.3. The number of fused-ring (bicyclic) bond motifs is 1. The average Bonchev–Trinajstić information content (AvgIpc) is 3.19. The van der Waals surface area contributed by atoms with E-state index in [1.54, 1.807) is 16.4 Å². The number of thioether (sulfide) groups is 1. The van der Waals surface area contributed by atoms with Crippen molar-refractivity contribution in [3.63, 3.8) is 0 Å². The van der Waals surface area contributed by atoms with E-state index in [2.05, 4.69) is 24.1 Å². The summed E-state index contributed by atoms with van der Waals surface area (Å²) in [5.74, 6) is 2.44. The molecule has 8 nitrogen and oxygen atoms in total. The molecular formula is C23H32N4O4S. The standard InChI is InChI=1S/C23H32N4O4S/c1-6-9-12-31-17-11-10-16(14-18(17)30-8-3)20-19(21(28)29-5)15(4)24-22-25-23(26-27(20)22)32-13-7-2/h10-11,14,20H,6-9,12-13H2,1-5H3,(H,24,25,26). The molecule has 0 amide bonds. The number of anilines is 1. The van der Waals surface area contributed by atoms with Crippen LogP contribution in [0.25, 0.3) is 0 Å². The van der Waals surface area contributed by atoms with Crippen LogP contribution in [0.5, 0.6) is 11.5 Å². The summed E-state index contributed by atoms with van der Waals surface area (Å²) in [6, 6.07) is 5.26. The zero-order valence-corrected chi connectivity index (χ0v) is 20.3. The average molecular weight is 461 g/mol. The van der Waals surface area contributed by atoms with Crippen LogP contribution in [-0.2, 0) is 9.53 Å². The lowest BCUT2D eigenvalue weighted by Crippen LogP contribution is -2.29. The van der Waals surface area contributed by atoms with Gasteiger partial charge in [0.15, 0.2) is 11.5 Å². The van der Waals surface area contributed by atoms with Crippen molar-refractivity contribution >= 4 is 23.7 Å². The zero-order valence-electron chi connectivity index (χ0n) is 19.4. The molecule has 2 aromatic rings. The minimum Gasteiger partial charge on any atom is -0.490 e. The summed E-state index contributed by atoms with van der Waals surface area (Å²) >= 11 is 1.59. The number of ether oxygens (including phenoxy) is 3. The Kier molecular flexibility index (Phi) is 8.44. The van der Waals surface area contributed by atoms with Crippen LogP contribution < -0.4 is 14.8 Å². The zero-order chi connectivity index (χ0) is 23.1. The van der Waals surface area contributed by atoms with Crippen LogP contribution in [0.1, 0.15) is 58.6 Å². The molecule has 9 heteroatoms. The van der Waals surface area contributed by atoms with Crippen LogP contribution >= 0.6 is 11.8 Å². The summed E-state index contributed by atoms with van der Waals surface area (Å²) in [7, 11) is 1.38. The molecule has 1 N–H and O–H groups in total. The van der Waals surface area contributed by atoms with E-state index in [0.717, 1.165) is 30.6 Å². The summed E-state index contributed by atoms with van der Waals surface area (Å²) in [6.07, 6.45) is 3.04. The fourth-order valence-electron chi connectivity index (χ4n) is 3.48. The van der Waals surface area contributed by atoms with Gasteiger partial charge >= 0.3 is 5.97 Å². The van der Waals surface area contributed by atoms with Crippen LogP contribution in [0.15, 0.2) is 34.6 Å². The third-order valence-electron chi connectivity index (χ3n) is 5.01. The molecule has 174 valence electrons. The number of benzene rings is 1. The smallest absolute Gasteiger partial charge is 0.338 e. The Morgan fingerprint density at radius 1 is 1.19 bits per heavy atom. The summed E-state index contributed by atoms with van der Waals surface area (Å²) in [5, 5.41) is 8.57. The number of nitrogens with zero attached hydrogens (tertiary/aromatic N) is 3. The Balaban J connectivity index is 2.06. The number of hydrogen-bond donors (Lipinski definition) is 1. The van der Waals surface area contributed by atoms with Gasteiger partial charge in [0.05, 0.1) is 25.9 Å². The first-order chi connectivity index (χ1) is 15.5. The Morgan fingerprint density at radius 3 is 2.69 bits per heavy atom. The first-order valence-electron chi connectivity index (χ1n) is 11.1. The van der Waals surface area contributed by atoms with Gasteiger partial charge in [0.2, 0.25) is 11.1 Å². The van der Waals surface area contributed by atoms with Crippen molar-refractivity contribution in [3.8, 4) is 11.5 Å². The van der Waals surface area contributed by atoms with Crippen molar-refractivity contribution in [2.75, 3.05) is 31.4 Å². The number of carbonyl (C=O) groups excluding carboxylic acids is 1. The van der Waals surface area contributed by atoms with Crippen LogP contribution in [-0.4, -0.2) is 46.8 Å². The molecule has 1 aromatic heterocycles. The van der Waals surface area contributed by atoms with Gasteiger partial charge in [-0.3, -0.25) is 0 Å². The molecule has 1 aliphatic heterocycles. The Morgan fingerprint density at radius 2 is 2.00 bits per heavy atom. The maximum absolute atomic E-state index is 12.8. The van der Waals surface area contributed by atoms with E-state index >= 15 is 0 Å². The first kappa shape index (κ1) is 24.0. The van der Waals surface area contributed by atoms with E-state index < -0.39 is 12.0 Å². The Labute approximate surface area is 193 Å². The number of carbonyl (C=O) groups is 1. The molecule has 0 bridgehead atoms. The van der Waals surface area contributed by atoms with Crippen molar-refractivity contribution in [2.24, 2.45) is 0 Å². The second-order valence-corrected chi connectivity index (χ2v) is 8.47. The highest BCUT2D eigenvalue weighted by atomic mass is 32.2. The van der Waals surface area contributed by atoms with Crippen LogP contribution in [0.3, 0.4) is 0 Å². The summed E-state index contributed by atoms with van der Waals surface area (Å²) in [6.45, 7) is 9.15. The van der Waals surface area contributed by atoms with Gasteiger partial charge in [-0.05, 0) is 44.4 Å². The Hall–Kier alpha value is -2.68. The van der Waals surface area contributed by atoms with Crippen molar-refractivity contribution in [2.45, 2.75) is 58.2 Å². The van der Waals surface area contributed by atoms with Gasteiger partial charge in [-0.15, -0.1) is 5.10 Å². The molecule has 1 unspecified atom stereocenters. The van der Waals surface area contributed by atoms with Crippen LogP contribution in [0.4, 0.5) is 5.95 Å². The van der Waals surface area contributed by atoms with Gasteiger partial charge in [-0.2, -0.15) is 4.98 Å². The summed E-state index contributed by atoms with van der Waals surface area (Å²) < 4.78 is 18.7. The fourth-order valence-corrected chi connectivity index (χ4v) is 4.16. The molecule has 0 saturated heterocycles. The molecule has 2 heterocycles. The largest absolute Gasteiger partial charge is 0.490 e. The van der Waals surface area contributed by atoms with E-state index in [4.69, 9.17) is 19.3 Å². The van der Waals surface area contributed by atoms with E-state index in [9.17, 15) is 4.79 Å². The van der Waals surface area contributed by atoms with Crippen molar-refractivity contribution < 1.29 is 19.0 Å². The van der Waals surface area contributed by atoms with Crippen LogP contribution in [0, 0.1) is 0 Å². The fraction of sp³-hybridized carbons (Fsp3) is 0.522. The maximum Gasteiger partial charge on any atom is 0.338 e. The number of hydrogen-bond acceptors (Lipinski definition) is 8. The SMILES string of the molecule is CCCCOc1ccc(C2C(C(=O)OC)=C(C)Nc3nc(SCCC)nn32)cc1OCC. The summed E-state index contributed by atoms with van der Waals surface area (Å²) in [4.78, 5) is 17.4. The number of aromatic nitrogens is 3. The highest BCUT2D eigenvalue weighted by Gasteiger charge is 2.35. The third kappa shape index (κ3) is 5.20. The number of methoxy groups -OCH3 is 1. The number of esters is 1. The van der Waals surface area contributed by atoms with Crippen molar-refractivity contribution in [1.29, 1.82) is 0 Å². The number of rotatable bonds is 11. The van der Waals surface area contributed by atoms with Gasteiger partial charge in [-0.1, -0.05) is 38.1 Å². The second-order valence-electron chi connectivity index (χ2n) is 7.41. The number of unbranched alkanes of at least 4 members (excludes halogenated alkanes) is 1. The van der Waals surface area contributed by atoms with E-state index in [0.29, 0.717) is 47.1 Å². The van der Waals surface area contributed by atoms with E-state index in [1.807, 2.05) is 32.0 Å². The molecule has 0 fully saturated rings. The van der Waals surface area contributed by atoms with Gasteiger partial charge < -0.3 is 19.5 Å². The predicted octanol–water partition coefficient (Wildman–Crippen LogP) is 4.82. The molecule has 1 atom stereocenters. The van der Waals surface area contributed by atoms with Crippen molar-refractivity contribution in [1.82, 2.24) is 14.8 Å². The first-order valence-corrected chi connectivity index (χ1v) is 12.1.